The maximum absolute atomic E-state index is 12.2. The summed E-state index contributed by atoms with van der Waals surface area (Å²) in [5.41, 5.74) is 0.838. The van der Waals surface area contributed by atoms with E-state index in [0.29, 0.717) is 11.0 Å². The molecule has 1 heterocycles. The summed E-state index contributed by atoms with van der Waals surface area (Å²) in [5, 5.41) is 21.3. The van der Waals surface area contributed by atoms with Crippen molar-refractivity contribution in [2.24, 2.45) is 0 Å². The number of benzene rings is 1. The van der Waals surface area contributed by atoms with Crippen LogP contribution in [-0.2, 0) is 4.79 Å². The van der Waals surface area contributed by atoms with Crippen LogP contribution in [0.25, 0.3) is 6.08 Å². The molecular formula is C17H18N4OS. The van der Waals surface area contributed by atoms with Crippen LogP contribution in [-0.4, -0.2) is 16.1 Å². The van der Waals surface area contributed by atoms with Crippen LogP contribution in [0, 0.1) is 11.3 Å². The molecule has 0 saturated carbocycles. The molecule has 0 unspecified atom stereocenters. The summed E-state index contributed by atoms with van der Waals surface area (Å²) in [6.07, 6.45) is 3.52. The monoisotopic (exact) mass is 326 g/mol. The quantitative estimate of drug-likeness (QED) is 0.643. The lowest BCUT2D eigenvalue weighted by atomic mass is 10.1. The molecule has 1 aromatic heterocycles. The number of nitrogens with one attached hydrogen (secondary N) is 1. The van der Waals surface area contributed by atoms with E-state index in [-0.39, 0.29) is 5.57 Å². The first-order chi connectivity index (χ1) is 11.2. The Labute approximate surface area is 139 Å². The van der Waals surface area contributed by atoms with Crippen molar-refractivity contribution >= 4 is 28.5 Å². The van der Waals surface area contributed by atoms with Gasteiger partial charge >= 0.3 is 0 Å². The van der Waals surface area contributed by atoms with Crippen molar-refractivity contribution in [1.82, 2.24) is 10.2 Å². The third kappa shape index (κ3) is 4.47. The van der Waals surface area contributed by atoms with Crippen LogP contribution in [0.5, 0.6) is 0 Å². The Morgan fingerprint density at radius 3 is 2.61 bits per heavy atom. The predicted molar refractivity (Wildman–Crippen MR) is 91.9 cm³/mol. The highest BCUT2D eigenvalue weighted by atomic mass is 32.1. The summed E-state index contributed by atoms with van der Waals surface area (Å²) in [6, 6.07) is 11.2. The third-order valence-electron chi connectivity index (χ3n) is 3.47. The van der Waals surface area contributed by atoms with E-state index in [0.717, 1.165) is 23.4 Å². The molecule has 1 N–H and O–H groups in total. The van der Waals surface area contributed by atoms with Gasteiger partial charge in [0, 0.05) is 5.92 Å². The molecule has 0 aliphatic heterocycles. The van der Waals surface area contributed by atoms with Gasteiger partial charge in [-0.15, -0.1) is 10.2 Å². The normalized spacial score (nSPS) is 11.3. The largest absolute Gasteiger partial charge is 0.296 e. The molecule has 0 radical (unpaired) electrons. The molecular weight excluding hydrogens is 308 g/mol. The van der Waals surface area contributed by atoms with E-state index in [1.54, 1.807) is 6.08 Å². The first-order valence-electron chi connectivity index (χ1n) is 7.49. The number of anilines is 1. The lowest BCUT2D eigenvalue weighted by Crippen LogP contribution is -2.13. The number of rotatable bonds is 6. The molecule has 118 valence electrons. The van der Waals surface area contributed by atoms with Gasteiger partial charge in [0.2, 0.25) is 5.13 Å². The van der Waals surface area contributed by atoms with Crippen LogP contribution in [0.2, 0.25) is 0 Å². The predicted octanol–water partition coefficient (Wildman–Crippen LogP) is 3.99. The Kier molecular flexibility index (Phi) is 6.01. The van der Waals surface area contributed by atoms with Crippen LogP contribution >= 0.6 is 11.3 Å². The third-order valence-corrected chi connectivity index (χ3v) is 4.47. The van der Waals surface area contributed by atoms with E-state index < -0.39 is 5.91 Å². The van der Waals surface area contributed by atoms with Crippen LogP contribution in [0.1, 0.15) is 43.2 Å². The molecule has 1 aromatic carbocycles. The Balaban J connectivity index is 2.12. The van der Waals surface area contributed by atoms with Crippen molar-refractivity contribution < 1.29 is 4.79 Å². The van der Waals surface area contributed by atoms with Gasteiger partial charge in [0.05, 0.1) is 0 Å². The summed E-state index contributed by atoms with van der Waals surface area (Å²) in [7, 11) is 0. The number of carbonyl (C=O) groups excluding carboxylic acids is 1. The van der Waals surface area contributed by atoms with Gasteiger partial charge < -0.3 is 0 Å². The summed E-state index contributed by atoms with van der Waals surface area (Å²) in [5.74, 6) is -0.114. The Hall–Kier alpha value is -2.52. The average Bonchev–Trinajstić information content (AvgIpc) is 3.03. The smallest absolute Gasteiger partial charge is 0.268 e. The Bertz CT molecular complexity index is 727. The van der Waals surface area contributed by atoms with Crippen molar-refractivity contribution in [2.75, 3.05) is 5.32 Å². The first kappa shape index (κ1) is 16.8. The van der Waals surface area contributed by atoms with Gasteiger partial charge in [0.15, 0.2) is 0 Å². The lowest BCUT2D eigenvalue weighted by Gasteiger charge is -2.05. The fourth-order valence-electron chi connectivity index (χ4n) is 2.12. The summed E-state index contributed by atoms with van der Waals surface area (Å²) in [6.45, 7) is 4.20. The molecule has 0 aliphatic carbocycles. The van der Waals surface area contributed by atoms with Gasteiger partial charge in [-0.1, -0.05) is 55.5 Å². The number of hydrogen-bond donors (Lipinski definition) is 1. The summed E-state index contributed by atoms with van der Waals surface area (Å²) < 4.78 is 0. The molecule has 2 aromatic rings. The van der Waals surface area contributed by atoms with Crippen LogP contribution < -0.4 is 5.32 Å². The molecule has 2 rings (SSSR count). The number of nitriles is 1. The maximum Gasteiger partial charge on any atom is 0.268 e. The van der Waals surface area contributed by atoms with Crippen LogP contribution in [0.15, 0.2) is 35.9 Å². The van der Waals surface area contributed by atoms with E-state index in [9.17, 15) is 10.1 Å². The SMILES string of the molecule is CCC(CC)c1nnc(NC(=O)/C(C#N)=C/c2ccccc2)s1. The molecule has 0 bridgehead atoms. The number of hydrogen-bond acceptors (Lipinski definition) is 5. The first-order valence-corrected chi connectivity index (χ1v) is 8.31. The minimum absolute atomic E-state index is 0.0375. The van der Waals surface area contributed by atoms with Crippen molar-refractivity contribution in [3.05, 3.63) is 46.5 Å². The van der Waals surface area contributed by atoms with Gasteiger partial charge in [-0.3, -0.25) is 10.1 Å². The highest BCUT2D eigenvalue weighted by Crippen LogP contribution is 2.28. The number of amides is 1. The van der Waals surface area contributed by atoms with E-state index in [1.165, 1.54) is 11.3 Å². The standard InChI is InChI=1S/C17H18N4OS/c1-3-13(4-2)16-20-21-17(23-16)19-15(22)14(11-18)10-12-8-6-5-7-9-12/h5-10,13H,3-4H2,1-2H3,(H,19,21,22)/b14-10+. The van der Waals surface area contributed by atoms with Gasteiger partial charge in [0.25, 0.3) is 5.91 Å². The van der Waals surface area contributed by atoms with Crippen molar-refractivity contribution in [3.63, 3.8) is 0 Å². The zero-order valence-electron chi connectivity index (χ0n) is 13.1. The molecule has 1 amide bonds. The second kappa shape index (κ2) is 8.20. The Morgan fingerprint density at radius 2 is 2.00 bits per heavy atom. The fraction of sp³-hybridized carbons (Fsp3) is 0.294. The second-order valence-electron chi connectivity index (χ2n) is 4.99. The van der Waals surface area contributed by atoms with E-state index >= 15 is 0 Å². The Morgan fingerprint density at radius 1 is 1.30 bits per heavy atom. The van der Waals surface area contributed by atoms with E-state index in [2.05, 4.69) is 29.4 Å². The zero-order valence-corrected chi connectivity index (χ0v) is 13.9. The molecule has 0 aliphatic rings. The highest BCUT2D eigenvalue weighted by molar-refractivity contribution is 7.15. The zero-order chi connectivity index (χ0) is 16.7. The number of aromatic nitrogens is 2. The molecule has 5 nitrogen and oxygen atoms in total. The molecule has 0 spiro atoms. The minimum Gasteiger partial charge on any atom is -0.296 e. The van der Waals surface area contributed by atoms with Gasteiger partial charge in [-0.05, 0) is 24.5 Å². The van der Waals surface area contributed by atoms with Gasteiger partial charge in [-0.25, -0.2) is 0 Å². The van der Waals surface area contributed by atoms with Crippen molar-refractivity contribution in [2.45, 2.75) is 32.6 Å². The molecule has 23 heavy (non-hydrogen) atoms. The summed E-state index contributed by atoms with van der Waals surface area (Å²) in [4.78, 5) is 12.2. The fourth-order valence-corrected chi connectivity index (χ4v) is 3.12. The van der Waals surface area contributed by atoms with E-state index in [4.69, 9.17) is 0 Å². The second-order valence-corrected chi connectivity index (χ2v) is 6.00. The van der Waals surface area contributed by atoms with Gasteiger partial charge in [-0.2, -0.15) is 5.26 Å². The number of nitrogens with zero attached hydrogens (tertiary/aromatic N) is 3. The van der Waals surface area contributed by atoms with Gasteiger partial charge in [0.1, 0.15) is 16.6 Å². The van der Waals surface area contributed by atoms with Crippen LogP contribution in [0.4, 0.5) is 5.13 Å². The van der Waals surface area contributed by atoms with Crippen LogP contribution in [0.3, 0.4) is 0 Å². The van der Waals surface area contributed by atoms with Crippen molar-refractivity contribution in [1.29, 1.82) is 5.26 Å². The molecule has 6 heteroatoms. The topological polar surface area (TPSA) is 78.7 Å². The summed E-state index contributed by atoms with van der Waals surface area (Å²) >= 11 is 1.36. The van der Waals surface area contributed by atoms with Crippen molar-refractivity contribution in [3.8, 4) is 6.07 Å². The minimum atomic E-state index is -0.469. The molecule has 0 saturated heterocycles. The highest BCUT2D eigenvalue weighted by Gasteiger charge is 2.16. The average molecular weight is 326 g/mol. The molecule has 0 fully saturated rings. The lowest BCUT2D eigenvalue weighted by molar-refractivity contribution is -0.112. The molecule has 0 atom stereocenters. The van der Waals surface area contributed by atoms with E-state index in [1.807, 2.05) is 36.4 Å². The number of carbonyl (C=O) groups is 1. The maximum atomic E-state index is 12.2.